The molecule has 0 amide bonds. The molecule has 0 atom stereocenters. The smallest absolute Gasteiger partial charge is 0.336 e. The van der Waals surface area contributed by atoms with Crippen molar-refractivity contribution in [3.05, 3.63) is 88.3 Å². The Bertz CT molecular complexity index is 1400. The third-order valence-corrected chi connectivity index (χ3v) is 6.07. The second-order valence-electron chi connectivity index (χ2n) is 7.06. The molecule has 0 saturated carbocycles. The van der Waals surface area contributed by atoms with Crippen LogP contribution in [0.1, 0.15) is 18.1 Å². The van der Waals surface area contributed by atoms with Crippen LogP contribution in [0.2, 0.25) is 0 Å². The fourth-order valence-corrected chi connectivity index (χ4v) is 4.39. The SMILES string of the molecule is CCc1ccc(-c2nc(SCc3cc(=O)oc4ccc5ccccc5c34)n[nH]2)cc1. The molecule has 3 aromatic carbocycles. The van der Waals surface area contributed by atoms with Gasteiger partial charge in [0, 0.05) is 22.8 Å². The summed E-state index contributed by atoms with van der Waals surface area (Å²) < 4.78 is 5.44. The summed E-state index contributed by atoms with van der Waals surface area (Å²) in [6, 6.07) is 21.8. The lowest BCUT2D eigenvalue weighted by atomic mass is 10.0. The lowest BCUT2D eigenvalue weighted by Gasteiger charge is -2.07. The molecular weight excluding hydrogens is 394 g/mol. The maximum absolute atomic E-state index is 12.1. The molecule has 0 saturated heterocycles. The summed E-state index contributed by atoms with van der Waals surface area (Å²) in [5, 5.41) is 11.1. The quantitative estimate of drug-likeness (QED) is 0.231. The van der Waals surface area contributed by atoms with Gasteiger partial charge >= 0.3 is 5.63 Å². The highest BCUT2D eigenvalue weighted by Crippen LogP contribution is 2.31. The van der Waals surface area contributed by atoms with Crippen LogP contribution in [0.15, 0.2) is 81.1 Å². The van der Waals surface area contributed by atoms with Crippen molar-refractivity contribution in [2.45, 2.75) is 24.3 Å². The Labute approximate surface area is 177 Å². The molecule has 6 heteroatoms. The zero-order valence-corrected chi connectivity index (χ0v) is 17.2. The van der Waals surface area contributed by atoms with E-state index in [4.69, 9.17) is 4.42 Å². The molecule has 148 valence electrons. The van der Waals surface area contributed by atoms with Gasteiger partial charge in [0.15, 0.2) is 5.82 Å². The van der Waals surface area contributed by atoms with Crippen LogP contribution in [-0.2, 0) is 12.2 Å². The molecule has 1 N–H and O–H groups in total. The molecule has 0 aliphatic heterocycles. The van der Waals surface area contributed by atoms with Crippen LogP contribution < -0.4 is 5.63 Å². The fraction of sp³-hybridized carbons (Fsp3) is 0.125. The second-order valence-corrected chi connectivity index (χ2v) is 8.00. The van der Waals surface area contributed by atoms with Gasteiger partial charge in [-0.3, -0.25) is 5.10 Å². The minimum absolute atomic E-state index is 0.347. The Hall–Kier alpha value is -3.38. The van der Waals surface area contributed by atoms with Crippen LogP contribution >= 0.6 is 11.8 Å². The van der Waals surface area contributed by atoms with E-state index in [2.05, 4.69) is 58.5 Å². The number of rotatable bonds is 5. The number of nitrogens with one attached hydrogen (secondary N) is 1. The Kier molecular flexibility index (Phi) is 4.85. The summed E-state index contributed by atoms with van der Waals surface area (Å²) in [4.78, 5) is 16.7. The molecule has 2 heterocycles. The average molecular weight is 414 g/mol. The minimum atomic E-state index is -0.347. The van der Waals surface area contributed by atoms with Crippen molar-refractivity contribution in [2.24, 2.45) is 0 Å². The van der Waals surface area contributed by atoms with Gasteiger partial charge in [-0.05, 0) is 34.4 Å². The zero-order valence-electron chi connectivity index (χ0n) is 16.4. The highest BCUT2D eigenvalue weighted by Gasteiger charge is 2.12. The predicted octanol–water partition coefficient (Wildman–Crippen LogP) is 5.59. The predicted molar refractivity (Wildman–Crippen MR) is 121 cm³/mol. The molecule has 0 bridgehead atoms. The van der Waals surface area contributed by atoms with E-state index in [9.17, 15) is 4.79 Å². The number of H-pyrrole nitrogens is 1. The van der Waals surface area contributed by atoms with Crippen LogP contribution in [0.3, 0.4) is 0 Å². The largest absolute Gasteiger partial charge is 0.423 e. The van der Waals surface area contributed by atoms with Gasteiger partial charge in [-0.1, -0.05) is 73.3 Å². The van der Waals surface area contributed by atoms with Crippen LogP contribution in [-0.4, -0.2) is 15.2 Å². The third-order valence-electron chi connectivity index (χ3n) is 5.17. The maximum Gasteiger partial charge on any atom is 0.336 e. The van der Waals surface area contributed by atoms with E-state index in [1.807, 2.05) is 24.3 Å². The molecule has 0 aliphatic rings. The van der Waals surface area contributed by atoms with Crippen molar-refractivity contribution >= 4 is 33.5 Å². The average Bonchev–Trinajstić information content (AvgIpc) is 3.26. The summed E-state index contributed by atoms with van der Waals surface area (Å²) in [7, 11) is 0. The van der Waals surface area contributed by atoms with Crippen LogP contribution in [0.5, 0.6) is 0 Å². The van der Waals surface area contributed by atoms with Gasteiger partial charge in [-0.2, -0.15) is 0 Å². The van der Waals surface area contributed by atoms with E-state index >= 15 is 0 Å². The van der Waals surface area contributed by atoms with E-state index in [1.165, 1.54) is 17.3 Å². The Morgan fingerprint density at radius 1 is 1.03 bits per heavy atom. The van der Waals surface area contributed by atoms with Gasteiger partial charge in [-0.15, -0.1) is 5.10 Å². The number of hydrogen-bond acceptors (Lipinski definition) is 5. The first kappa shape index (κ1) is 18.6. The summed E-state index contributed by atoms with van der Waals surface area (Å²) in [6.45, 7) is 2.13. The van der Waals surface area contributed by atoms with Crippen molar-refractivity contribution < 1.29 is 4.42 Å². The van der Waals surface area contributed by atoms with Crippen LogP contribution in [0.25, 0.3) is 33.1 Å². The number of benzene rings is 3. The summed E-state index contributed by atoms with van der Waals surface area (Å²) in [5.74, 6) is 1.31. The Morgan fingerprint density at radius 3 is 2.70 bits per heavy atom. The first-order valence-corrected chi connectivity index (χ1v) is 10.8. The summed E-state index contributed by atoms with van der Waals surface area (Å²) in [5.41, 5.74) is 3.46. The van der Waals surface area contributed by atoms with Crippen LogP contribution in [0, 0.1) is 0 Å². The second kappa shape index (κ2) is 7.80. The van der Waals surface area contributed by atoms with Gasteiger partial charge in [0.2, 0.25) is 5.16 Å². The number of fused-ring (bicyclic) bond motifs is 3. The number of aromatic amines is 1. The zero-order chi connectivity index (χ0) is 20.5. The molecule has 0 fully saturated rings. The lowest BCUT2D eigenvalue weighted by molar-refractivity contribution is 0.560. The van der Waals surface area contributed by atoms with Crippen molar-refractivity contribution in [3.8, 4) is 11.4 Å². The van der Waals surface area contributed by atoms with Gasteiger partial charge in [0.05, 0.1) is 0 Å². The summed E-state index contributed by atoms with van der Waals surface area (Å²) >= 11 is 1.49. The first-order chi connectivity index (χ1) is 14.7. The Morgan fingerprint density at radius 2 is 1.87 bits per heavy atom. The van der Waals surface area contributed by atoms with Gasteiger partial charge in [-0.25, -0.2) is 9.78 Å². The summed E-state index contributed by atoms with van der Waals surface area (Å²) in [6.07, 6.45) is 1.01. The third kappa shape index (κ3) is 3.50. The van der Waals surface area contributed by atoms with E-state index < -0.39 is 0 Å². The van der Waals surface area contributed by atoms with Crippen molar-refractivity contribution in [1.82, 2.24) is 15.2 Å². The molecule has 30 heavy (non-hydrogen) atoms. The van der Waals surface area contributed by atoms with E-state index in [-0.39, 0.29) is 5.63 Å². The fourth-order valence-electron chi connectivity index (χ4n) is 3.61. The van der Waals surface area contributed by atoms with E-state index in [0.29, 0.717) is 16.5 Å². The molecule has 5 aromatic rings. The minimum Gasteiger partial charge on any atom is -0.423 e. The maximum atomic E-state index is 12.1. The number of hydrogen-bond donors (Lipinski definition) is 1. The number of aromatic nitrogens is 3. The van der Waals surface area contributed by atoms with Crippen molar-refractivity contribution in [2.75, 3.05) is 0 Å². The van der Waals surface area contributed by atoms with Gasteiger partial charge < -0.3 is 4.42 Å². The number of aryl methyl sites for hydroxylation is 1. The molecule has 5 nitrogen and oxygen atoms in total. The van der Waals surface area contributed by atoms with E-state index in [1.54, 1.807) is 6.07 Å². The number of nitrogens with zero attached hydrogens (tertiary/aromatic N) is 2. The molecule has 0 radical (unpaired) electrons. The van der Waals surface area contributed by atoms with Crippen LogP contribution in [0.4, 0.5) is 0 Å². The van der Waals surface area contributed by atoms with Gasteiger partial charge in [0.25, 0.3) is 0 Å². The van der Waals surface area contributed by atoms with Crippen molar-refractivity contribution in [1.29, 1.82) is 0 Å². The molecule has 2 aromatic heterocycles. The molecule has 0 aliphatic carbocycles. The molecule has 0 spiro atoms. The number of thioether (sulfide) groups is 1. The topological polar surface area (TPSA) is 71.8 Å². The normalized spacial score (nSPS) is 11.4. The van der Waals surface area contributed by atoms with Gasteiger partial charge in [0.1, 0.15) is 5.58 Å². The monoisotopic (exact) mass is 413 g/mol. The first-order valence-electron chi connectivity index (χ1n) is 9.80. The standard InChI is InChI=1S/C24H19N3O2S/c1-2-15-7-9-17(10-8-15)23-25-24(27-26-23)30-14-18-13-21(28)29-20-12-11-16-5-3-4-6-19(16)22(18)20/h3-13H,2,14H2,1H3,(H,25,26,27). The Balaban J connectivity index is 1.46. The highest BCUT2D eigenvalue weighted by molar-refractivity contribution is 7.98. The lowest BCUT2D eigenvalue weighted by Crippen LogP contribution is -2.00. The van der Waals surface area contributed by atoms with E-state index in [0.717, 1.165) is 39.5 Å². The molecule has 5 rings (SSSR count). The molecular formula is C24H19N3O2S. The highest BCUT2D eigenvalue weighted by atomic mass is 32.2. The van der Waals surface area contributed by atoms with Crippen molar-refractivity contribution in [3.63, 3.8) is 0 Å². The molecule has 0 unspecified atom stereocenters.